The Hall–Kier alpha value is -2.40. The van der Waals surface area contributed by atoms with Gasteiger partial charge in [0, 0.05) is 50.1 Å². The highest BCUT2D eigenvalue weighted by molar-refractivity contribution is 5.78. The summed E-state index contributed by atoms with van der Waals surface area (Å²) in [7, 11) is 0. The molecule has 2 fully saturated rings. The van der Waals surface area contributed by atoms with Crippen molar-refractivity contribution in [2.75, 3.05) is 31.5 Å². The summed E-state index contributed by atoms with van der Waals surface area (Å²) >= 11 is 0. The van der Waals surface area contributed by atoms with Gasteiger partial charge < -0.3 is 15.5 Å². The van der Waals surface area contributed by atoms with Gasteiger partial charge in [-0.1, -0.05) is 24.3 Å². The summed E-state index contributed by atoms with van der Waals surface area (Å²) in [6, 6.07) is 11.4. The molecule has 142 valence electrons. The van der Waals surface area contributed by atoms with E-state index in [-0.39, 0.29) is 0 Å². The van der Waals surface area contributed by atoms with E-state index in [2.05, 4.69) is 45.9 Å². The zero-order chi connectivity index (χ0) is 18.5. The zero-order valence-corrected chi connectivity index (χ0v) is 15.8. The van der Waals surface area contributed by atoms with Crippen molar-refractivity contribution in [1.29, 1.82) is 0 Å². The maximum absolute atomic E-state index is 11.8. The van der Waals surface area contributed by atoms with Crippen LogP contribution in [0, 0.1) is 0 Å². The van der Waals surface area contributed by atoms with Crippen molar-refractivity contribution in [3.63, 3.8) is 0 Å². The van der Waals surface area contributed by atoms with Crippen LogP contribution in [0.2, 0.25) is 0 Å². The van der Waals surface area contributed by atoms with Crippen molar-refractivity contribution < 1.29 is 4.79 Å². The average molecular weight is 364 g/mol. The molecule has 2 aliphatic heterocycles. The van der Waals surface area contributed by atoms with E-state index in [4.69, 9.17) is 0 Å². The molecule has 5 heteroatoms. The van der Waals surface area contributed by atoms with Crippen LogP contribution in [-0.4, -0.2) is 48.0 Å². The fourth-order valence-corrected chi connectivity index (χ4v) is 3.79. The molecule has 1 amide bonds. The number of likely N-dealkylation sites (tertiary alicyclic amines) is 1. The minimum absolute atomic E-state index is 0.297. The van der Waals surface area contributed by atoms with Crippen molar-refractivity contribution in [2.45, 2.75) is 38.1 Å². The summed E-state index contributed by atoms with van der Waals surface area (Å²) in [5.41, 5.74) is 4.64. The van der Waals surface area contributed by atoms with Gasteiger partial charge in [0.2, 0.25) is 5.91 Å². The van der Waals surface area contributed by atoms with Crippen LogP contribution in [0.15, 0.2) is 42.7 Å². The second-order valence-corrected chi connectivity index (χ2v) is 7.55. The Morgan fingerprint density at radius 2 is 2.15 bits per heavy atom. The lowest BCUT2D eigenvalue weighted by molar-refractivity contribution is -0.127. The first kappa shape index (κ1) is 18.0. The van der Waals surface area contributed by atoms with Crippen LogP contribution in [-0.2, 0) is 11.2 Å². The van der Waals surface area contributed by atoms with Crippen molar-refractivity contribution in [2.24, 2.45) is 0 Å². The number of anilines is 1. The Labute approximate surface area is 161 Å². The summed E-state index contributed by atoms with van der Waals surface area (Å²) in [5.74, 6) is 0.297. The highest BCUT2D eigenvalue weighted by Gasteiger charge is 2.19. The van der Waals surface area contributed by atoms with Gasteiger partial charge in [0.25, 0.3) is 0 Å². The highest BCUT2D eigenvalue weighted by atomic mass is 16.2. The van der Waals surface area contributed by atoms with Crippen molar-refractivity contribution in [3.8, 4) is 11.1 Å². The molecule has 3 heterocycles. The molecule has 2 N–H and O–H groups in total. The second-order valence-electron chi connectivity index (χ2n) is 7.55. The molecule has 2 aliphatic rings. The molecule has 1 unspecified atom stereocenters. The Morgan fingerprint density at radius 1 is 1.22 bits per heavy atom. The topological polar surface area (TPSA) is 57.3 Å². The highest BCUT2D eigenvalue weighted by Crippen LogP contribution is 2.23. The van der Waals surface area contributed by atoms with Gasteiger partial charge in [0.05, 0.1) is 5.69 Å². The molecule has 1 aromatic heterocycles. The average Bonchev–Trinajstić information content (AvgIpc) is 3.07. The molecule has 0 bridgehead atoms. The quantitative estimate of drug-likeness (QED) is 0.756. The molecule has 27 heavy (non-hydrogen) atoms. The maximum atomic E-state index is 11.8. The summed E-state index contributed by atoms with van der Waals surface area (Å²) in [4.78, 5) is 18.2. The first-order valence-electron chi connectivity index (χ1n) is 10.1. The van der Waals surface area contributed by atoms with E-state index in [0.717, 1.165) is 56.7 Å². The number of aromatic nitrogens is 1. The summed E-state index contributed by atoms with van der Waals surface area (Å²) in [5, 5.41) is 6.92. The number of benzene rings is 1. The number of rotatable bonds is 8. The fraction of sp³-hybridized carbons (Fsp3) is 0.455. The van der Waals surface area contributed by atoms with Crippen LogP contribution < -0.4 is 10.6 Å². The van der Waals surface area contributed by atoms with Crippen LogP contribution in [0.5, 0.6) is 0 Å². The van der Waals surface area contributed by atoms with Crippen LogP contribution in [0.1, 0.15) is 31.2 Å². The summed E-state index contributed by atoms with van der Waals surface area (Å²) in [6.45, 7) is 3.85. The molecule has 0 aliphatic carbocycles. The minimum atomic E-state index is 0.297. The van der Waals surface area contributed by atoms with E-state index in [9.17, 15) is 4.79 Å². The fourth-order valence-electron chi connectivity index (χ4n) is 3.79. The molecule has 0 spiro atoms. The number of carbonyl (C=O) groups is 1. The largest absolute Gasteiger partial charge is 0.384 e. The second kappa shape index (κ2) is 8.53. The van der Waals surface area contributed by atoms with Crippen LogP contribution in [0.25, 0.3) is 11.1 Å². The third-order valence-corrected chi connectivity index (χ3v) is 5.59. The molecule has 0 saturated carbocycles. The van der Waals surface area contributed by atoms with Gasteiger partial charge in [-0.05, 0) is 49.4 Å². The predicted molar refractivity (Wildman–Crippen MR) is 109 cm³/mol. The lowest BCUT2D eigenvalue weighted by Gasteiger charge is -2.27. The molecule has 1 atom stereocenters. The molecule has 5 nitrogen and oxygen atoms in total. The van der Waals surface area contributed by atoms with Gasteiger partial charge in [-0.25, -0.2) is 0 Å². The van der Waals surface area contributed by atoms with E-state index in [1.807, 2.05) is 17.3 Å². The standard InChI is InChI=1S/C22H28N4O/c27-22-5-2-11-26(22)12-8-17-3-1-4-18(13-17)19-14-21(16-23-15-19)25-10-7-20-6-9-24-20/h1,3-4,13-16,20,24-25H,2,5-12H2. The number of hydrogen-bond acceptors (Lipinski definition) is 4. The van der Waals surface area contributed by atoms with Crippen LogP contribution >= 0.6 is 0 Å². The third kappa shape index (κ3) is 4.66. The van der Waals surface area contributed by atoms with E-state index < -0.39 is 0 Å². The van der Waals surface area contributed by atoms with E-state index in [0.29, 0.717) is 18.4 Å². The maximum Gasteiger partial charge on any atom is 0.222 e. The summed E-state index contributed by atoms with van der Waals surface area (Å²) in [6.07, 6.45) is 8.86. The first-order valence-corrected chi connectivity index (χ1v) is 10.1. The number of amides is 1. The van der Waals surface area contributed by atoms with E-state index in [1.54, 1.807) is 0 Å². The van der Waals surface area contributed by atoms with Gasteiger partial charge in [-0.3, -0.25) is 9.78 Å². The number of nitrogens with one attached hydrogen (secondary N) is 2. The minimum Gasteiger partial charge on any atom is -0.384 e. The van der Waals surface area contributed by atoms with Crippen molar-refractivity contribution in [3.05, 3.63) is 48.3 Å². The number of hydrogen-bond donors (Lipinski definition) is 2. The molecule has 1 aromatic carbocycles. The van der Waals surface area contributed by atoms with Gasteiger partial charge in [-0.15, -0.1) is 0 Å². The van der Waals surface area contributed by atoms with Crippen LogP contribution in [0.4, 0.5) is 5.69 Å². The van der Waals surface area contributed by atoms with Gasteiger partial charge in [0.15, 0.2) is 0 Å². The third-order valence-electron chi connectivity index (χ3n) is 5.59. The smallest absolute Gasteiger partial charge is 0.222 e. The Kier molecular flexibility index (Phi) is 5.68. The number of nitrogens with zero attached hydrogens (tertiary/aromatic N) is 2. The first-order chi connectivity index (χ1) is 13.3. The van der Waals surface area contributed by atoms with Crippen molar-refractivity contribution >= 4 is 11.6 Å². The van der Waals surface area contributed by atoms with E-state index >= 15 is 0 Å². The predicted octanol–water partition coefficient (Wildman–Crippen LogP) is 3.08. The molecular formula is C22H28N4O. The summed E-state index contributed by atoms with van der Waals surface area (Å²) < 4.78 is 0. The van der Waals surface area contributed by atoms with Gasteiger partial charge >= 0.3 is 0 Å². The normalized spacial score (nSPS) is 19.2. The van der Waals surface area contributed by atoms with Gasteiger partial charge in [-0.2, -0.15) is 0 Å². The zero-order valence-electron chi connectivity index (χ0n) is 15.8. The number of carbonyl (C=O) groups excluding carboxylic acids is 1. The Balaban J connectivity index is 1.37. The van der Waals surface area contributed by atoms with Crippen LogP contribution in [0.3, 0.4) is 0 Å². The molecule has 2 saturated heterocycles. The molecule has 2 aromatic rings. The van der Waals surface area contributed by atoms with Crippen molar-refractivity contribution in [1.82, 2.24) is 15.2 Å². The SMILES string of the molecule is O=C1CCCN1CCc1cccc(-c2cncc(NCCC3CCN3)c2)c1. The molecule has 0 radical (unpaired) electrons. The lowest BCUT2D eigenvalue weighted by atomic mass is 10.0. The molecular weight excluding hydrogens is 336 g/mol. The van der Waals surface area contributed by atoms with E-state index in [1.165, 1.54) is 17.5 Å². The Morgan fingerprint density at radius 3 is 2.93 bits per heavy atom. The Bertz CT molecular complexity index is 787. The lowest BCUT2D eigenvalue weighted by Crippen LogP contribution is -2.43. The monoisotopic (exact) mass is 364 g/mol. The molecule has 4 rings (SSSR count). The number of pyridine rings is 1. The van der Waals surface area contributed by atoms with Gasteiger partial charge in [0.1, 0.15) is 0 Å².